The molecule has 0 aliphatic carbocycles. The van der Waals surface area contributed by atoms with E-state index < -0.39 is 29.4 Å². The van der Waals surface area contributed by atoms with Crippen LogP contribution in [-0.4, -0.2) is 26.9 Å². The monoisotopic (exact) mass is 479 g/mol. The van der Waals surface area contributed by atoms with E-state index in [0.717, 1.165) is 0 Å². The van der Waals surface area contributed by atoms with E-state index in [0.29, 0.717) is 0 Å². The zero-order valence-corrected chi connectivity index (χ0v) is 18.4. The second-order valence-corrected chi connectivity index (χ2v) is 7.35. The molecule has 0 saturated carbocycles. The Labute approximate surface area is 198 Å². The molecule has 0 aliphatic rings. The average Bonchev–Trinajstić information content (AvgIpc) is 2.83. The smallest absolute Gasteiger partial charge is 0.246 e. The molecular weight excluding hydrogens is 459 g/mol. The Bertz CT molecular complexity index is 1290. The first-order valence-electron chi connectivity index (χ1n) is 10.5. The Morgan fingerprint density at radius 3 is 1.51 bits per heavy atom. The van der Waals surface area contributed by atoms with Crippen molar-refractivity contribution in [1.29, 1.82) is 0 Å². The number of benzene rings is 3. The number of nitrogens with one attached hydrogen (secondary N) is 4. The fourth-order valence-corrected chi connectivity index (χ4v) is 2.98. The van der Waals surface area contributed by atoms with Gasteiger partial charge >= 0.3 is 0 Å². The maximum Gasteiger partial charge on any atom is 0.246 e. The number of halogens is 3. The van der Waals surface area contributed by atoms with Crippen LogP contribution >= 0.6 is 0 Å². The van der Waals surface area contributed by atoms with E-state index in [4.69, 9.17) is 0 Å². The highest BCUT2D eigenvalue weighted by Gasteiger charge is 2.18. The highest BCUT2D eigenvalue weighted by Crippen LogP contribution is 2.22. The fourth-order valence-electron chi connectivity index (χ4n) is 2.98. The first-order valence-corrected chi connectivity index (χ1v) is 10.5. The molecule has 1 unspecified atom stereocenters. The lowest BCUT2D eigenvalue weighted by Gasteiger charge is -2.16. The van der Waals surface area contributed by atoms with E-state index in [1.54, 1.807) is 18.2 Å². The molecule has 0 bridgehead atoms. The molecule has 0 radical (unpaired) electrons. The molecule has 178 valence electrons. The van der Waals surface area contributed by atoms with Crippen molar-refractivity contribution in [1.82, 2.24) is 15.0 Å². The van der Waals surface area contributed by atoms with Gasteiger partial charge in [0.05, 0.1) is 17.1 Å². The van der Waals surface area contributed by atoms with Crippen LogP contribution in [0, 0.1) is 17.5 Å². The van der Waals surface area contributed by atoms with Crippen LogP contribution in [0.2, 0.25) is 0 Å². The number of hydrogen-bond donors (Lipinski definition) is 4. The molecule has 8 nitrogen and oxygen atoms in total. The van der Waals surface area contributed by atoms with Crippen LogP contribution in [0.5, 0.6) is 0 Å². The lowest BCUT2D eigenvalue weighted by Crippen LogP contribution is -2.33. The summed E-state index contributed by atoms with van der Waals surface area (Å²) in [6.45, 7) is 1.52. The molecule has 3 aromatic carbocycles. The summed E-state index contributed by atoms with van der Waals surface area (Å²) in [5.74, 6) is -2.40. The highest BCUT2D eigenvalue weighted by molar-refractivity contribution is 5.96. The third-order valence-electron chi connectivity index (χ3n) is 4.75. The van der Waals surface area contributed by atoms with Crippen molar-refractivity contribution in [3.63, 3.8) is 0 Å². The minimum atomic E-state index is -0.903. The number of nitrogens with zero attached hydrogens (tertiary/aromatic N) is 3. The Morgan fingerprint density at radius 2 is 1.06 bits per heavy atom. The van der Waals surface area contributed by atoms with Gasteiger partial charge in [-0.3, -0.25) is 4.79 Å². The summed E-state index contributed by atoms with van der Waals surface area (Å²) < 4.78 is 42.1. The predicted molar refractivity (Wildman–Crippen MR) is 127 cm³/mol. The summed E-state index contributed by atoms with van der Waals surface area (Å²) >= 11 is 0. The van der Waals surface area contributed by atoms with Gasteiger partial charge in [-0.15, -0.1) is 0 Å². The third-order valence-corrected chi connectivity index (χ3v) is 4.75. The standard InChI is InChI=1S/C24H20F3N7O/c1-14(21(35)29-18-11-5-2-8-15(18)25)28-22-32-23(30-19-12-6-3-9-16(19)26)34-24(33-22)31-20-13-7-4-10-17(20)27/h2-14H,1H3,(H,29,35)(H3,28,30,31,32,33,34). The third kappa shape index (κ3) is 6.02. The molecule has 1 heterocycles. The van der Waals surface area contributed by atoms with Crippen molar-refractivity contribution in [2.24, 2.45) is 0 Å². The quantitative estimate of drug-likeness (QED) is 0.275. The highest BCUT2D eigenvalue weighted by atomic mass is 19.1. The van der Waals surface area contributed by atoms with Crippen LogP contribution < -0.4 is 21.3 Å². The molecule has 1 aromatic heterocycles. The molecular formula is C24H20F3N7O. The van der Waals surface area contributed by atoms with Gasteiger partial charge in [0.15, 0.2) is 0 Å². The minimum absolute atomic E-state index is 0.0191. The Balaban J connectivity index is 1.59. The second-order valence-electron chi connectivity index (χ2n) is 7.35. The van der Waals surface area contributed by atoms with Crippen molar-refractivity contribution in [3.05, 3.63) is 90.2 Å². The summed E-state index contributed by atoms with van der Waals surface area (Å²) in [5.41, 5.74) is 0.226. The van der Waals surface area contributed by atoms with Gasteiger partial charge < -0.3 is 21.3 Å². The number of carbonyl (C=O) groups is 1. The molecule has 0 saturated heterocycles. The molecule has 4 aromatic rings. The fraction of sp³-hybridized carbons (Fsp3) is 0.0833. The summed E-state index contributed by atoms with van der Waals surface area (Å²) in [6, 6.07) is 16.6. The number of amides is 1. The zero-order chi connectivity index (χ0) is 24.8. The van der Waals surface area contributed by atoms with Gasteiger partial charge in [-0.25, -0.2) is 13.2 Å². The van der Waals surface area contributed by atoms with E-state index in [2.05, 4.69) is 36.2 Å². The first kappa shape index (κ1) is 23.5. The molecule has 0 aliphatic heterocycles. The van der Waals surface area contributed by atoms with E-state index in [1.807, 2.05) is 0 Å². The normalized spacial score (nSPS) is 11.4. The Kier molecular flexibility index (Phi) is 7.05. The van der Waals surface area contributed by atoms with Gasteiger partial charge in [0.2, 0.25) is 23.8 Å². The van der Waals surface area contributed by atoms with Crippen LogP contribution in [0.25, 0.3) is 0 Å². The van der Waals surface area contributed by atoms with Gasteiger partial charge in [0, 0.05) is 0 Å². The van der Waals surface area contributed by atoms with E-state index in [-0.39, 0.29) is 34.9 Å². The number of carbonyl (C=O) groups excluding carboxylic acids is 1. The van der Waals surface area contributed by atoms with Crippen LogP contribution in [0.15, 0.2) is 72.8 Å². The van der Waals surface area contributed by atoms with Crippen molar-refractivity contribution in [2.75, 3.05) is 21.3 Å². The van der Waals surface area contributed by atoms with Gasteiger partial charge in [0.1, 0.15) is 23.5 Å². The summed E-state index contributed by atoms with van der Waals surface area (Å²) in [4.78, 5) is 25.1. The second kappa shape index (κ2) is 10.5. The van der Waals surface area contributed by atoms with Gasteiger partial charge in [-0.2, -0.15) is 15.0 Å². The van der Waals surface area contributed by atoms with Crippen molar-refractivity contribution in [2.45, 2.75) is 13.0 Å². The number of hydrogen-bond acceptors (Lipinski definition) is 7. The van der Waals surface area contributed by atoms with Crippen molar-refractivity contribution >= 4 is 40.8 Å². The lowest BCUT2D eigenvalue weighted by atomic mass is 10.2. The topological polar surface area (TPSA) is 104 Å². The average molecular weight is 479 g/mol. The largest absolute Gasteiger partial charge is 0.342 e. The predicted octanol–water partition coefficient (Wildman–Crippen LogP) is 5.22. The number of aromatic nitrogens is 3. The molecule has 1 amide bonds. The lowest BCUT2D eigenvalue weighted by molar-refractivity contribution is -0.116. The zero-order valence-electron chi connectivity index (χ0n) is 18.4. The van der Waals surface area contributed by atoms with Crippen molar-refractivity contribution < 1.29 is 18.0 Å². The molecule has 1 atom stereocenters. The van der Waals surface area contributed by atoms with Gasteiger partial charge in [0.25, 0.3) is 0 Å². The summed E-state index contributed by atoms with van der Waals surface area (Å²) in [7, 11) is 0. The molecule has 35 heavy (non-hydrogen) atoms. The molecule has 11 heteroatoms. The summed E-state index contributed by atoms with van der Waals surface area (Å²) in [6.07, 6.45) is 0. The van der Waals surface area contributed by atoms with Crippen LogP contribution in [0.1, 0.15) is 6.92 Å². The first-order chi connectivity index (χ1) is 16.9. The molecule has 4 rings (SSSR count). The maximum atomic E-state index is 14.1. The maximum absolute atomic E-state index is 14.1. The van der Waals surface area contributed by atoms with E-state index in [1.165, 1.54) is 61.5 Å². The number of rotatable bonds is 8. The van der Waals surface area contributed by atoms with Crippen LogP contribution in [0.4, 0.5) is 48.1 Å². The molecule has 0 spiro atoms. The SMILES string of the molecule is CC(Nc1nc(Nc2ccccc2F)nc(Nc2ccccc2F)n1)C(=O)Nc1ccccc1F. The summed E-state index contributed by atoms with van der Waals surface area (Å²) in [5, 5.41) is 10.8. The minimum Gasteiger partial charge on any atom is -0.342 e. The van der Waals surface area contributed by atoms with Gasteiger partial charge in [-0.1, -0.05) is 36.4 Å². The van der Waals surface area contributed by atoms with Crippen molar-refractivity contribution in [3.8, 4) is 0 Å². The molecule has 4 N–H and O–H groups in total. The van der Waals surface area contributed by atoms with Crippen LogP contribution in [-0.2, 0) is 4.79 Å². The van der Waals surface area contributed by atoms with Crippen LogP contribution in [0.3, 0.4) is 0 Å². The number of anilines is 6. The number of para-hydroxylation sites is 3. The Morgan fingerprint density at radius 1 is 0.657 bits per heavy atom. The van der Waals surface area contributed by atoms with E-state index >= 15 is 0 Å². The van der Waals surface area contributed by atoms with Gasteiger partial charge in [-0.05, 0) is 43.3 Å². The van der Waals surface area contributed by atoms with E-state index in [9.17, 15) is 18.0 Å². The Hall–Kier alpha value is -4.67. The molecule has 0 fully saturated rings.